The molecule has 0 spiro atoms. The van der Waals surface area contributed by atoms with E-state index in [2.05, 4.69) is 5.32 Å². The summed E-state index contributed by atoms with van der Waals surface area (Å²) in [6, 6.07) is 6.70. The van der Waals surface area contributed by atoms with Gasteiger partial charge in [-0.3, -0.25) is 0 Å². The van der Waals surface area contributed by atoms with Crippen LogP contribution in [0.4, 0.5) is 4.39 Å². The highest BCUT2D eigenvalue weighted by atomic mass is 19.1. The molecule has 0 unspecified atom stereocenters. The second-order valence-electron chi connectivity index (χ2n) is 4.21. The van der Waals surface area contributed by atoms with Gasteiger partial charge in [-0.2, -0.15) is 5.26 Å². The van der Waals surface area contributed by atoms with E-state index in [0.29, 0.717) is 12.1 Å². The minimum absolute atomic E-state index is 0.0947. The number of rotatable bonds is 8. The van der Waals surface area contributed by atoms with E-state index in [1.165, 1.54) is 6.07 Å². The van der Waals surface area contributed by atoms with Crippen LogP contribution in [0.1, 0.15) is 36.8 Å². The quantitative estimate of drug-likeness (QED) is 0.696. The van der Waals surface area contributed by atoms with Gasteiger partial charge in [0.25, 0.3) is 0 Å². The molecule has 1 aromatic carbocycles. The minimum atomic E-state index is -0.423. The predicted molar refractivity (Wildman–Crippen MR) is 68.4 cm³/mol. The Morgan fingerprint density at radius 3 is 2.72 bits per heavy atom. The number of unbranched alkanes of at least 4 members (excludes halogenated alkanes) is 3. The summed E-state index contributed by atoms with van der Waals surface area (Å²) in [5.41, 5.74) is 0.627. The molecule has 18 heavy (non-hydrogen) atoms. The Labute approximate surface area is 107 Å². The summed E-state index contributed by atoms with van der Waals surface area (Å²) in [4.78, 5) is 0. The van der Waals surface area contributed by atoms with Crippen molar-refractivity contribution in [2.24, 2.45) is 0 Å². The summed E-state index contributed by atoms with van der Waals surface area (Å²) in [5, 5.41) is 20.5. The summed E-state index contributed by atoms with van der Waals surface area (Å²) in [6.07, 6.45) is 3.95. The van der Waals surface area contributed by atoms with Crippen molar-refractivity contribution >= 4 is 0 Å². The molecule has 3 nitrogen and oxygen atoms in total. The third-order valence-corrected chi connectivity index (χ3v) is 2.78. The molecule has 98 valence electrons. The van der Waals surface area contributed by atoms with Gasteiger partial charge in [-0.1, -0.05) is 25.0 Å². The second-order valence-corrected chi connectivity index (χ2v) is 4.21. The van der Waals surface area contributed by atoms with Crippen LogP contribution in [0.2, 0.25) is 0 Å². The van der Waals surface area contributed by atoms with Gasteiger partial charge < -0.3 is 10.4 Å². The highest BCUT2D eigenvalue weighted by molar-refractivity contribution is 5.34. The van der Waals surface area contributed by atoms with E-state index in [9.17, 15) is 4.39 Å². The largest absolute Gasteiger partial charge is 0.396 e. The lowest BCUT2D eigenvalue weighted by Crippen LogP contribution is -2.16. The summed E-state index contributed by atoms with van der Waals surface area (Å²) in [7, 11) is 0. The lowest BCUT2D eigenvalue weighted by atomic mass is 10.1. The van der Waals surface area contributed by atoms with E-state index in [-0.39, 0.29) is 12.2 Å². The first-order chi connectivity index (χ1) is 8.79. The number of nitrogens with one attached hydrogen (secondary N) is 1. The van der Waals surface area contributed by atoms with Gasteiger partial charge in [0.1, 0.15) is 11.9 Å². The Morgan fingerprint density at radius 2 is 2.00 bits per heavy atom. The smallest absolute Gasteiger partial charge is 0.145 e. The van der Waals surface area contributed by atoms with Crippen molar-refractivity contribution in [1.82, 2.24) is 5.32 Å². The molecular weight excluding hydrogens is 231 g/mol. The molecule has 0 aliphatic carbocycles. The Balaban J connectivity index is 2.26. The van der Waals surface area contributed by atoms with Crippen LogP contribution in [-0.4, -0.2) is 18.3 Å². The van der Waals surface area contributed by atoms with Crippen LogP contribution in [0.25, 0.3) is 0 Å². The molecule has 2 N–H and O–H groups in total. The van der Waals surface area contributed by atoms with Gasteiger partial charge in [-0.25, -0.2) is 4.39 Å². The summed E-state index contributed by atoms with van der Waals surface area (Å²) in [5.74, 6) is -0.423. The summed E-state index contributed by atoms with van der Waals surface area (Å²) >= 11 is 0. The van der Waals surface area contributed by atoms with Gasteiger partial charge in [0, 0.05) is 18.7 Å². The van der Waals surface area contributed by atoms with E-state index in [1.54, 1.807) is 12.1 Å². The molecule has 4 heteroatoms. The lowest BCUT2D eigenvalue weighted by molar-refractivity contribution is 0.282. The van der Waals surface area contributed by atoms with Crippen molar-refractivity contribution in [2.45, 2.75) is 32.2 Å². The van der Waals surface area contributed by atoms with Gasteiger partial charge in [0.2, 0.25) is 0 Å². The standard InChI is InChI=1S/C14H19FN2O/c15-14-12(10-16)6-5-7-13(14)11-17-8-3-1-2-4-9-18/h5-7,17-18H,1-4,8-9,11H2. The van der Waals surface area contributed by atoms with Crippen LogP contribution in [0, 0.1) is 17.1 Å². The van der Waals surface area contributed by atoms with Gasteiger partial charge in [-0.15, -0.1) is 0 Å². The van der Waals surface area contributed by atoms with Gasteiger partial charge in [0.15, 0.2) is 0 Å². The molecule has 0 aromatic heterocycles. The number of hydrogen-bond donors (Lipinski definition) is 2. The number of benzene rings is 1. The van der Waals surface area contributed by atoms with Crippen LogP contribution < -0.4 is 5.32 Å². The van der Waals surface area contributed by atoms with Crippen LogP contribution in [0.3, 0.4) is 0 Å². The van der Waals surface area contributed by atoms with Crippen LogP contribution in [0.5, 0.6) is 0 Å². The highest BCUT2D eigenvalue weighted by Crippen LogP contribution is 2.11. The van der Waals surface area contributed by atoms with Crippen molar-refractivity contribution < 1.29 is 9.50 Å². The van der Waals surface area contributed by atoms with E-state index in [4.69, 9.17) is 10.4 Å². The Hall–Kier alpha value is -1.44. The maximum Gasteiger partial charge on any atom is 0.145 e. The topological polar surface area (TPSA) is 56.0 Å². The number of aliphatic hydroxyl groups excluding tert-OH is 1. The van der Waals surface area contributed by atoms with Crippen molar-refractivity contribution in [1.29, 1.82) is 5.26 Å². The normalized spacial score (nSPS) is 10.3. The average molecular weight is 250 g/mol. The number of aliphatic hydroxyl groups is 1. The third kappa shape index (κ3) is 4.82. The van der Waals surface area contributed by atoms with Crippen molar-refractivity contribution in [3.63, 3.8) is 0 Å². The molecule has 0 fully saturated rings. The van der Waals surface area contributed by atoms with Crippen LogP contribution in [-0.2, 0) is 6.54 Å². The first-order valence-corrected chi connectivity index (χ1v) is 6.28. The van der Waals surface area contributed by atoms with E-state index < -0.39 is 5.82 Å². The number of halogens is 1. The van der Waals surface area contributed by atoms with E-state index >= 15 is 0 Å². The first-order valence-electron chi connectivity index (χ1n) is 6.28. The molecular formula is C14H19FN2O. The van der Waals surface area contributed by atoms with Gasteiger partial charge >= 0.3 is 0 Å². The molecule has 0 aliphatic rings. The molecule has 0 saturated heterocycles. The maximum absolute atomic E-state index is 13.7. The Kier molecular flexibility index (Phi) is 7.00. The maximum atomic E-state index is 13.7. The molecule has 0 amide bonds. The van der Waals surface area contributed by atoms with Crippen molar-refractivity contribution in [3.8, 4) is 6.07 Å². The molecule has 0 aliphatic heterocycles. The van der Waals surface area contributed by atoms with Crippen molar-refractivity contribution in [3.05, 3.63) is 35.1 Å². The minimum Gasteiger partial charge on any atom is -0.396 e. The molecule has 0 heterocycles. The van der Waals surface area contributed by atoms with Crippen LogP contribution in [0.15, 0.2) is 18.2 Å². The molecule has 0 radical (unpaired) electrons. The Morgan fingerprint density at radius 1 is 1.22 bits per heavy atom. The fourth-order valence-electron chi connectivity index (χ4n) is 1.74. The zero-order valence-corrected chi connectivity index (χ0v) is 10.5. The Bertz CT molecular complexity index is 401. The number of nitrogens with zero attached hydrogens (tertiary/aromatic N) is 1. The fraction of sp³-hybridized carbons (Fsp3) is 0.500. The second kappa shape index (κ2) is 8.62. The van der Waals surface area contributed by atoms with E-state index in [1.807, 2.05) is 6.07 Å². The zero-order valence-electron chi connectivity index (χ0n) is 10.5. The SMILES string of the molecule is N#Cc1cccc(CNCCCCCCO)c1F. The predicted octanol–water partition coefficient (Wildman–Crippen LogP) is 2.34. The first kappa shape index (κ1) is 14.6. The molecule has 0 saturated carbocycles. The summed E-state index contributed by atoms with van der Waals surface area (Å²) in [6.45, 7) is 1.52. The highest BCUT2D eigenvalue weighted by Gasteiger charge is 2.06. The van der Waals surface area contributed by atoms with Gasteiger partial charge in [0.05, 0.1) is 5.56 Å². The number of nitriles is 1. The number of hydrogen-bond acceptors (Lipinski definition) is 3. The van der Waals surface area contributed by atoms with E-state index in [0.717, 1.165) is 32.2 Å². The average Bonchev–Trinajstić information content (AvgIpc) is 2.39. The molecule has 0 atom stereocenters. The molecule has 1 aromatic rings. The third-order valence-electron chi connectivity index (χ3n) is 2.78. The fourth-order valence-corrected chi connectivity index (χ4v) is 1.74. The zero-order chi connectivity index (χ0) is 13.2. The lowest BCUT2D eigenvalue weighted by Gasteiger charge is -2.06. The molecule has 1 rings (SSSR count). The molecule has 0 bridgehead atoms. The monoisotopic (exact) mass is 250 g/mol. The van der Waals surface area contributed by atoms with Crippen molar-refractivity contribution in [2.75, 3.05) is 13.2 Å². The summed E-state index contributed by atoms with van der Waals surface area (Å²) < 4.78 is 13.7. The van der Waals surface area contributed by atoms with Crippen LogP contribution >= 0.6 is 0 Å². The van der Waals surface area contributed by atoms with Gasteiger partial charge in [-0.05, 0) is 25.5 Å².